The van der Waals surface area contributed by atoms with E-state index in [0.717, 1.165) is 47.9 Å². The predicted molar refractivity (Wildman–Crippen MR) is 203 cm³/mol. The van der Waals surface area contributed by atoms with Gasteiger partial charge >= 0.3 is 5.97 Å². The van der Waals surface area contributed by atoms with E-state index in [1.54, 1.807) is 48.7 Å². The third-order valence-electron chi connectivity index (χ3n) is 10.0. The van der Waals surface area contributed by atoms with E-state index in [-0.39, 0.29) is 43.2 Å². The fraction of sp³-hybridized carbons (Fsp3) is 0.233. The number of anilines is 1. The molecule has 0 spiro atoms. The molecule has 2 heterocycles. The van der Waals surface area contributed by atoms with Crippen LogP contribution < -0.4 is 9.64 Å². The molecule has 0 radical (unpaired) electrons. The number of pyridine rings is 1. The van der Waals surface area contributed by atoms with Gasteiger partial charge in [0.15, 0.2) is 28.2 Å². The molecule has 1 amide bonds. The number of esters is 1. The molecule has 1 atom stereocenters. The highest BCUT2D eigenvalue weighted by atomic mass is 32.2. The van der Waals surface area contributed by atoms with Gasteiger partial charge < -0.3 is 14.4 Å². The van der Waals surface area contributed by atoms with Gasteiger partial charge in [0.05, 0.1) is 12.2 Å². The lowest BCUT2D eigenvalue weighted by Crippen LogP contribution is -2.59. The quantitative estimate of drug-likeness (QED) is 0.0507. The minimum Gasteiger partial charge on any atom is -0.488 e. The molecule has 2 aliphatic rings. The molecule has 1 saturated heterocycles. The minimum atomic E-state index is -5.44. The number of nitrogens with zero attached hydrogens (tertiary/aromatic N) is 3. The van der Waals surface area contributed by atoms with Crippen molar-refractivity contribution in [2.24, 2.45) is 0 Å². The maximum absolute atomic E-state index is 14.8. The number of sulfonamides is 1. The van der Waals surface area contributed by atoms with Gasteiger partial charge in [-0.05, 0) is 72.6 Å². The number of rotatable bonds is 13. The summed E-state index contributed by atoms with van der Waals surface area (Å²) in [4.78, 5) is 31.7. The Hall–Kier alpha value is -5.93. The van der Waals surface area contributed by atoms with Crippen LogP contribution in [-0.4, -0.2) is 42.2 Å². The summed E-state index contributed by atoms with van der Waals surface area (Å²) in [6.07, 6.45) is 7.61. The second kappa shape index (κ2) is 17.3. The predicted octanol–water partition coefficient (Wildman–Crippen LogP) is 8.67. The van der Waals surface area contributed by atoms with E-state index in [0.29, 0.717) is 10.00 Å². The summed E-state index contributed by atoms with van der Waals surface area (Å²) in [5, 5.41) is 0. The second-order valence-electron chi connectivity index (χ2n) is 13.8. The monoisotopic (exact) mass is 817 g/mol. The summed E-state index contributed by atoms with van der Waals surface area (Å²) in [6.45, 7) is -0.739. The highest BCUT2D eigenvalue weighted by molar-refractivity contribution is 7.89. The lowest BCUT2D eigenvalue weighted by atomic mass is 9.94. The van der Waals surface area contributed by atoms with Crippen LogP contribution in [0.2, 0.25) is 0 Å². The number of benzene rings is 4. The van der Waals surface area contributed by atoms with E-state index in [1.807, 2.05) is 30.3 Å². The molecule has 300 valence electrons. The number of carbonyl (C=O) groups is 2. The van der Waals surface area contributed by atoms with Crippen molar-refractivity contribution in [3.8, 4) is 5.75 Å². The number of hydrogen-bond acceptors (Lipinski definition) is 7. The van der Waals surface area contributed by atoms with Crippen molar-refractivity contribution in [3.05, 3.63) is 160 Å². The number of amides is 1. The van der Waals surface area contributed by atoms with Gasteiger partial charge in [-0.15, -0.1) is 0 Å². The Morgan fingerprint density at radius 2 is 1.45 bits per heavy atom. The highest BCUT2D eigenvalue weighted by Gasteiger charge is 2.48. The molecular weight excluding hydrogens is 782 g/mol. The van der Waals surface area contributed by atoms with E-state index in [4.69, 9.17) is 9.47 Å². The number of ether oxygens (including phenoxy) is 2. The standard InChI is InChI=1S/C43H36F5N3O6S/c44-36-37(45)39(47)41(40(48)38(36)46)58(54,55)51-21-20-34(51)42(52)50(24-31-17-16-30(23-49-31)29-14-8-3-9-15-29)32-18-19-33(43(53)57-26-28-12-6-2-7-13-28)35(22-32)56-25-27-10-4-1-5-11-27/h1-2,4-7,10-14,16-19,22-23,34H,3,8-9,15,20-21,24-26H2/t34-/m1/s1. The van der Waals surface area contributed by atoms with Crippen LogP contribution in [0.4, 0.5) is 27.6 Å². The van der Waals surface area contributed by atoms with Crippen molar-refractivity contribution in [2.75, 3.05) is 11.4 Å². The van der Waals surface area contributed by atoms with Gasteiger partial charge in [-0.1, -0.05) is 72.8 Å². The molecular formula is C43H36F5N3O6S. The molecule has 1 aliphatic carbocycles. The molecule has 7 rings (SSSR count). The van der Waals surface area contributed by atoms with Gasteiger partial charge in [0.25, 0.3) is 0 Å². The van der Waals surface area contributed by atoms with E-state index in [2.05, 4.69) is 11.1 Å². The third kappa shape index (κ3) is 8.36. The van der Waals surface area contributed by atoms with Crippen LogP contribution in [0.25, 0.3) is 5.57 Å². The van der Waals surface area contributed by atoms with Crippen LogP contribution >= 0.6 is 0 Å². The van der Waals surface area contributed by atoms with Crippen LogP contribution in [0.1, 0.15) is 64.8 Å². The number of hydrogen-bond donors (Lipinski definition) is 0. The van der Waals surface area contributed by atoms with Crippen molar-refractivity contribution in [1.82, 2.24) is 9.29 Å². The average Bonchev–Trinajstić information content (AvgIpc) is 3.23. The Morgan fingerprint density at radius 3 is 2.03 bits per heavy atom. The smallest absolute Gasteiger partial charge is 0.342 e. The Balaban J connectivity index is 1.25. The Labute approximate surface area is 331 Å². The zero-order valence-electron chi connectivity index (χ0n) is 30.8. The summed E-state index contributed by atoms with van der Waals surface area (Å²) in [5.41, 5.74) is 4.04. The summed E-state index contributed by atoms with van der Waals surface area (Å²) >= 11 is 0. The number of allylic oxidation sites excluding steroid dienone is 2. The lowest BCUT2D eigenvalue weighted by molar-refractivity contribution is -0.125. The second-order valence-corrected chi connectivity index (χ2v) is 15.6. The molecule has 4 aromatic carbocycles. The van der Waals surface area contributed by atoms with Crippen LogP contribution in [0.15, 0.2) is 108 Å². The Morgan fingerprint density at radius 1 is 0.793 bits per heavy atom. The zero-order valence-corrected chi connectivity index (χ0v) is 31.7. The van der Waals surface area contributed by atoms with Gasteiger partial charge in [-0.25, -0.2) is 35.2 Å². The Kier molecular flexibility index (Phi) is 12.0. The van der Waals surface area contributed by atoms with Crippen LogP contribution in [0.3, 0.4) is 0 Å². The number of halogens is 5. The minimum absolute atomic E-state index is 0.00658. The highest BCUT2D eigenvalue weighted by Crippen LogP contribution is 2.36. The topological polar surface area (TPSA) is 106 Å². The molecule has 1 aromatic heterocycles. The lowest BCUT2D eigenvalue weighted by Gasteiger charge is -2.41. The first-order valence-electron chi connectivity index (χ1n) is 18.4. The van der Waals surface area contributed by atoms with Gasteiger partial charge in [0.2, 0.25) is 21.7 Å². The van der Waals surface area contributed by atoms with Crippen molar-refractivity contribution >= 4 is 33.2 Å². The van der Waals surface area contributed by atoms with Crippen molar-refractivity contribution in [3.63, 3.8) is 0 Å². The van der Waals surface area contributed by atoms with Gasteiger partial charge in [0, 0.05) is 24.5 Å². The SMILES string of the molecule is O=C(OCc1ccccc1)c1ccc(N(Cc2ccc(C3=CCCCC3)cn2)C(=O)[C@H]2CCN2S(=O)(=O)c2c(F)c(F)c(F)c(F)c2F)cc1OCc1ccccc1. The van der Waals surface area contributed by atoms with E-state index >= 15 is 0 Å². The maximum atomic E-state index is 14.8. The fourth-order valence-electron chi connectivity index (χ4n) is 6.78. The molecule has 15 heteroatoms. The van der Waals surface area contributed by atoms with Crippen LogP contribution in [-0.2, 0) is 39.3 Å². The maximum Gasteiger partial charge on any atom is 0.342 e. The van der Waals surface area contributed by atoms with Gasteiger partial charge in [0.1, 0.15) is 30.6 Å². The molecule has 9 nitrogen and oxygen atoms in total. The molecule has 0 unspecified atom stereocenters. The molecule has 0 saturated carbocycles. The summed E-state index contributed by atoms with van der Waals surface area (Å²) < 4.78 is 111. The van der Waals surface area contributed by atoms with Crippen molar-refractivity contribution < 1.29 is 49.4 Å². The summed E-state index contributed by atoms with van der Waals surface area (Å²) in [5.74, 6) is -14.1. The van der Waals surface area contributed by atoms with Crippen LogP contribution in [0, 0.1) is 29.1 Å². The fourth-order valence-corrected chi connectivity index (χ4v) is 8.52. The molecule has 1 aliphatic heterocycles. The first-order chi connectivity index (χ1) is 27.9. The van der Waals surface area contributed by atoms with Crippen molar-refractivity contribution in [1.29, 1.82) is 0 Å². The first kappa shape index (κ1) is 40.3. The van der Waals surface area contributed by atoms with E-state index in [1.165, 1.54) is 23.1 Å². The molecule has 0 bridgehead atoms. The number of aromatic nitrogens is 1. The average molecular weight is 818 g/mol. The van der Waals surface area contributed by atoms with Crippen molar-refractivity contribution in [2.45, 2.75) is 62.8 Å². The summed E-state index contributed by atoms with van der Waals surface area (Å²) in [6, 6.07) is 24.2. The Bertz CT molecular complexity index is 2440. The largest absolute Gasteiger partial charge is 0.488 e. The molecule has 0 N–H and O–H groups in total. The number of carbonyl (C=O) groups excluding carboxylic acids is 2. The van der Waals surface area contributed by atoms with E-state index < -0.39 is 68.5 Å². The van der Waals surface area contributed by atoms with Crippen LogP contribution in [0.5, 0.6) is 5.75 Å². The van der Waals surface area contributed by atoms with Gasteiger partial charge in [-0.2, -0.15) is 4.31 Å². The molecule has 1 fully saturated rings. The zero-order chi connectivity index (χ0) is 41.0. The third-order valence-corrected chi connectivity index (χ3v) is 11.9. The van der Waals surface area contributed by atoms with Gasteiger partial charge in [-0.3, -0.25) is 9.78 Å². The molecule has 58 heavy (non-hydrogen) atoms. The normalized spacial score (nSPS) is 15.6. The molecule has 5 aromatic rings. The summed E-state index contributed by atoms with van der Waals surface area (Å²) in [7, 11) is -5.44. The van der Waals surface area contributed by atoms with E-state index in [9.17, 15) is 40.0 Å². The first-order valence-corrected chi connectivity index (χ1v) is 19.9.